The van der Waals surface area contributed by atoms with Crippen molar-refractivity contribution < 1.29 is 4.74 Å². The van der Waals surface area contributed by atoms with Crippen molar-refractivity contribution in [1.29, 1.82) is 0 Å². The molecule has 2 saturated heterocycles. The molecule has 0 aromatic carbocycles. The number of nitrogens with one attached hydrogen (secondary N) is 2. The number of hydrogen-bond acceptors (Lipinski definition) is 3. The van der Waals surface area contributed by atoms with Gasteiger partial charge in [-0.25, -0.2) is 0 Å². The highest BCUT2D eigenvalue weighted by Crippen LogP contribution is 2.26. The number of ether oxygens (including phenoxy) is 1. The Balaban J connectivity index is 0.00000180. The van der Waals surface area contributed by atoms with Crippen LogP contribution in [0.25, 0.3) is 0 Å². The van der Waals surface area contributed by atoms with E-state index in [0.717, 1.165) is 32.3 Å². The fourth-order valence-electron chi connectivity index (χ4n) is 2.18. The van der Waals surface area contributed by atoms with E-state index in [1.165, 1.54) is 24.3 Å². The molecular formula is C13H26IN3OS. The first-order chi connectivity index (χ1) is 8.72. The van der Waals surface area contributed by atoms with E-state index in [1.807, 2.05) is 11.8 Å². The largest absolute Gasteiger partial charge is 0.380 e. The van der Waals surface area contributed by atoms with Crippen LogP contribution in [0.3, 0.4) is 0 Å². The van der Waals surface area contributed by atoms with E-state index in [-0.39, 0.29) is 29.4 Å². The highest BCUT2D eigenvalue weighted by molar-refractivity contribution is 14.0. The summed E-state index contributed by atoms with van der Waals surface area (Å²) in [5, 5.41) is 6.89. The second-order valence-electron chi connectivity index (χ2n) is 5.56. The van der Waals surface area contributed by atoms with Gasteiger partial charge in [-0.2, -0.15) is 11.8 Å². The number of thioether (sulfide) groups is 1. The molecule has 1 unspecified atom stereocenters. The van der Waals surface area contributed by atoms with Crippen LogP contribution in [0, 0.1) is 5.41 Å². The van der Waals surface area contributed by atoms with Gasteiger partial charge in [0.1, 0.15) is 0 Å². The lowest BCUT2D eigenvalue weighted by molar-refractivity contribution is -0.0945. The molecule has 6 heteroatoms. The number of aliphatic imine (C=N–C) groups is 1. The third-order valence-electron chi connectivity index (χ3n) is 3.37. The van der Waals surface area contributed by atoms with Gasteiger partial charge < -0.3 is 15.4 Å². The zero-order valence-electron chi connectivity index (χ0n) is 11.9. The zero-order chi connectivity index (χ0) is 12.8. The number of guanidine groups is 1. The first-order valence-electron chi connectivity index (χ1n) is 6.92. The van der Waals surface area contributed by atoms with Crippen LogP contribution in [0.2, 0.25) is 0 Å². The molecule has 2 aliphatic rings. The highest BCUT2D eigenvalue weighted by Gasteiger charge is 2.33. The predicted molar refractivity (Wildman–Crippen MR) is 93.8 cm³/mol. The highest BCUT2D eigenvalue weighted by atomic mass is 127. The van der Waals surface area contributed by atoms with Crippen molar-refractivity contribution in [3.05, 3.63) is 0 Å². The summed E-state index contributed by atoms with van der Waals surface area (Å²) in [6, 6.07) is 0.576. The fourth-order valence-corrected chi connectivity index (χ4v) is 3.25. The van der Waals surface area contributed by atoms with Crippen molar-refractivity contribution in [3.8, 4) is 0 Å². The van der Waals surface area contributed by atoms with Crippen molar-refractivity contribution in [2.75, 3.05) is 37.8 Å². The molecule has 19 heavy (non-hydrogen) atoms. The molecule has 2 rings (SSSR count). The van der Waals surface area contributed by atoms with Gasteiger partial charge in [-0.05, 0) is 25.5 Å². The molecule has 0 bridgehead atoms. The van der Waals surface area contributed by atoms with Crippen LogP contribution >= 0.6 is 35.7 Å². The van der Waals surface area contributed by atoms with Crippen LogP contribution < -0.4 is 10.6 Å². The lowest BCUT2D eigenvalue weighted by atomic mass is 9.89. The molecule has 0 spiro atoms. The summed E-state index contributed by atoms with van der Waals surface area (Å²) >= 11 is 2.04. The summed E-state index contributed by atoms with van der Waals surface area (Å²) in [5.74, 6) is 3.48. The molecule has 0 aromatic heterocycles. The standard InChI is InChI=1S/C13H25N3OS.HI/c1-3-14-12(15-8-13(2)9-17-10-13)16-11-5-4-6-18-7-11;/h11H,3-10H2,1-2H3,(H2,14,15,16);1H. The molecule has 0 radical (unpaired) electrons. The Morgan fingerprint density at radius 3 is 2.79 bits per heavy atom. The van der Waals surface area contributed by atoms with Gasteiger partial charge >= 0.3 is 0 Å². The first-order valence-corrected chi connectivity index (χ1v) is 8.08. The van der Waals surface area contributed by atoms with Crippen molar-refractivity contribution in [1.82, 2.24) is 10.6 Å². The maximum Gasteiger partial charge on any atom is 0.191 e. The van der Waals surface area contributed by atoms with Gasteiger partial charge in [0.15, 0.2) is 5.96 Å². The SMILES string of the molecule is CCNC(=NCC1(C)COC1)NC1CCCSC1.I. The van der Waals surface area contributed by atoms with E-state index in [4.69, 9.17) is 9.73 Å². The third kappa shape index (κ3) is 5.67. The predicted octanol–water partition coefficient (Wildman–Crippen LogP) is 2.09. The van der Waals surface area contributed by atoms with Gasteiger partial charge in [-0.1, -0.05) is 6.92 Å². The van der Waals surface area contributed by atoms with Crippen molar-refractivity contribution in [3.63, 3.8) is 0 Å². The lowest BCUT2D eigenvalue weighted by Crippen LogP contribution is -2.47. The Morgan fingerprint density at radius 2 is 2.26 bits per heavy atom. The van der Waals surface area contributed by atoms with Crippen molar-refractivity contribution in [2.45, 2.75) is 32.7 Å². The summed E-state index contributed by atoms with van der Waals surface area (Å²) in [7, 11) is 0. The second-order valence-corrected chi connectivity index (χ2v) is 6.71. The van der Waals surface area contributed by atoms with Crippen LogP contribution in [0.5, 0.6) is 0 Å². The van der Waals surface area contributed by atoms with Crippen molar-refractivity contribution >= 4 is 41.7 Å². The summed E-state index contributed by atoms with van der Waals surface area (Å²) < 4.78 is 5.27. The third-order valence-corrected chi connectivity index (χ3v) is 4.58. The Labute approximate surface area is 137 Å². The van der Waals surface area contributed by atoms with Gasteiger partial charge in [0.25, 0.3) is 0 Å². The maximum absolute atomic E-state index is 5.27. The Bertz CT molecular complexity index is 292. The summed E-state index contributed by atoms with van der Waals surface area (Å²) in [6.45, 7) is 7.80. The van der Waals surface area contributed by atoms with E-state index in [9.17, 15) is 0 Å². The van der Waals surface area contributed by atoms with Crippen LogP contribution in [0.1, 0.15) is 26.7 Å². The Hall–Kier alpha value is 0.310. The molecule has 2 N–H and O–H groups in total. The minimum Gasteiger partial charge on any atom is -0.380 e. The van der Waals surface area contributed by atoms with Crippen LogP contribution in [0.4, 0.5) is 0 Å². The van der Waals surface area contributed by atoms with Crippen molar-refractivity contribution in [2.24, 2.45) is 10.4 Å². The fraction of sp³-hybridized carbons (Fsp3) is 0.923. The van der Waals surface area contributed by atoms with E-state index in [2.05, 4.69) is 24.5 Å². The molecular weight excluding hydrogens is 373 g/mol. The average molecular weight is 399 g/mol. The minimum atomic E-state index is 0. The van der Waals surface area contributed by atoms with Crippen LogP contribution in [0.15, 0.2) is 4.99 Å². The molecule has 1 atom stereocenters. The van der Waals surface area contributed by atoms with E-state index in [0.29, 0.717) is 6.04 Å². The molecule has 0 aromatic rings. The topological polar surface area (TPSA) is 45.7 Å². The summed E-state index contributed by atoms with van der Waals surface area (Å²) in [5.41, 5.74) is 0.254. The molecule has 2 aliphatic heterocycles. The maximum atomic E-state index is 5.27. The monoisotopic (exact) mass is 399 g/mol. The minimum absolute atomic E-state index is 0. The smallest absolute Gasteiger partial charge is 0.191 e. The first kappa shape index (κ1) is 17.4. The molecule has 0 saturated carbocycles. The Morgan fingerprint density at radius 1 is 1.47 bits per heavy atom. The van der Waals surface area contributed by atoms with Gasteiger partial charge in [0.05, 0.1) is 19.8 Å². The lowest BCUT2D eigenvalue weighted by Gasteiger charge is -2.36. The van der Waals surface area contributed by atoms with E-state index >= 15 is 0 Å². The number of rotatable bonds is 4. The normalized spacial score (nSPS) is 26.0. The summed E-state index contributed by atoms with van der Waals surface area (Å²) in [4.78, 5) is 4.71. The Kier molecular flexibility index (Phi) is 7.83. The number of nitrogens with zero attached hydrogens (tertiary/aromatic N) is 1. The molecule has 0 aliphatic carbocycles. The molecule has 2 fully saturated rings. The van der Waals surface area contributed by atoms with Gasteiger partial charge in [0.2, 0.25) is 0 Å². The molecule has 2 heterocycles. The summed E-state index contributed by atoms with van der Waals surface area (Å²) in [6.07, 6.45) is 2.57. The van der Waals surface area contributed by atoms with Gasteiger partial charge in [0, 0.05) is 23.8 Å². The zero-order valence-corrected chi connectivity index (χ0v) is 15.1. The molecule has 4 nitrogen and oxygen atoms in total. The molecule has 0 amide bonds. The van der Waals surface area contributed by atoms with E-state index < -0.39 is 0 Å². The average Bonchev–Trinajstić information content (AvgIpc) is 2.35. The van der Waals surface area contributed by atoms with E-state index in [1.54, 1.807) is 0 Å². The second kappa shape index (κ2) is 8.56. The van der Waals surface area contributed by atoms with Crippen LogP contribution in [-0.4, -0.2) is 49.8 Å². The van der Waals surface area contributed by atoms with Crippen LogP contribution in [-0.2, 0) is 4.74 Å². The molecule has 112 valence electrons. The number of halogens is 1. The van der Waals surface area contributed by atoms with Gasteiger partial charge in [-0.15, -0.1) is 24.0 Å². The number of hydrogen-bond donors (Lipinski definition) is 2. The quantitative estimate of drug-likeness (QED) is 0.432. The van der Waals surface area contributed by atoms with Gasteiger partial charge in [-0.3, -0.25) is 4.99 Å².